The SMILES string of the molecule is C.C.C.Cc1ccc(C)nc1.Cc1ccc(C)nn1.Cc1cnc(C)nc1. The molecule has 5 nitrogen and oxygen atoms in total. The van der Waals surface area contributed by atoms with E-state index in [4.69, 9.17) is 0 Å². The van der Waals surface area contributed by atoms with Crippen molar-refractivity contribution < 1.29 is 0 Å². The molecule has 0 saturated carbocycles. The lowest BCUT2D eigenvalue weighted by Gasteiger charge is -1.89. The smallest absolute Gasteiger partial charge is 0.125 e. The molecule has 5 heteroatoms. The van der Waals surface area contributed by atoms with Crippen LogP contribution in [0, 0.1) is 41.5 Å². The fraction of sp³-hybridized carbons (Fsp3) is 0.409. The maximum atomic E-state index is 4.08. The van der Waals surface area contributed by atoms with Crippen LogP contribution in [0.4, 0.5) is 0 Å². The fourth-order valence-electron chi connectivity index (χ4n) is 1.46. The molecule has 0 radical (unpaired) electrons. The van der Waals surface area contributed by atoms with Crippen LogP contribution in [0.15, 0.2) is 42.9 Å². The second kappa shape index (κ2) is 15.6. The largest absolute Gasteiger partial charge is 0.261 e. The van der Waals surface area contributed by atoms with Crippen molar-refractivity contribution in [1.82, 2.24) is 25.1 Å². The Kier molecular flexibility index (Phi) is 16.8. The van der Waals surface area contributed by atoms with E-state index in [1.165, 1.54) is 5.56 Å². The summed E-state index contributed by atoms with van der Waals surface area (Å²) in [5.74, 6) is 0.829. The van der Waals surface area contributed by atoms with Gasteiger partial charge >= 0.3 is 0 Å². The van der Waals surface area contributed by atoms with Crippen LogP contribution in [-0.2, 0) is 0 Å². The van der Waals surface area contributed by atoms with Gasteiger partial charge in [-0.05, 0) is 70.9 Å². The Morgan fingerprint density at radius 3 is 1.19 bits per heavy atom. The molecule has 3 rings (SSSR count). The predicted molar refractivity (Wildman–Crippen MR) is 117 cm³/mol. The molecule has 0 aliphatic carbocycles. The molecule has 0 N–H and O–H groups in total. The van der Waals surface area contributed by atoms with Crippen molar-refractivity contribution in [2.24, 2.45) is 0 Å². The van der Waals surface area contributed by atoms with Crippen LogP contribution in [0.2, 0.25) is 0 Å². The summed E-state index contributed by atoms with van der Waals surface area (Å²) in [6.07, 6.45) is 5.49. The van der Waals surface area contributed by atoms with Gasteiger partial charge in [0.2, 0.25) is 0 Å². The van der Waals surface area contributed by atoms with Gasteiger partial charge in [-0.15, -0.1) is 0 Å². The first-order valence-corrected chi connectivity index (χ1v) is 7.78. The number of aryl methyl sites for hydroxylation is 6. The zero-order valence-electron chi connectivity index (χ0n) is 15.3. The number of nitrogens with zero attached hydrogens (tertiary/aromatic N) is 5. The first-order valence-electron chi connectivity index (χ1n) is 7.78. The summed E-state index contributed by atoms with van der Waals surface area (Å²) >= 11 is 0. The molecule has 0 fully saturated rings. The highest BCUT2D eigenvalue weighted by atomic mass is 15.1. The van der Waals surface area contributed by atoms with Crippen LogP contribution in [0.5, 0.6) is 0 Å². The summed E-state index contributed by atoms with van der Waals surface area (Å²) in [6, 6.07) is 7.96. The lowest BCUT2D eigenvalue weighted by atomic mass is 10.3. The van der Waals surface area contributed by atoms with Crippen molar-refractivity contribution in [2.45, 2.75) is 63.8 Å². The lowest BCUT2D eigenvalue weighted by molar-refractivity contribution is 0.941. The molecule has 0 aliphatic heterocycles. The minimum Gasteiger partial charge on any atom is -0.261 e. The molecular formula is C22H37N5. The maximum absolute atomic E-state index is 4.08. The number of pyridine rings is 1. The minimum absolute atomic E-state index is 0. The minimum atomic E-state index is 0. The standard InChI is InChI=1S/C7H9N.2C6H8N2.3CH4/c1-6-3-4-7(2)8-5-6;1-5-3-7-6(2)8-4-5;1-5-3-4-6(2)8-7-5;;;/h3-5H,1-2H3;2*3-4H,1-2H3;3*1H4. The third-order valence-electron chi connectivity index (χ3n) is 2.90. The Balaban J connectivity index is -0.000000303. The predicted octanol–water partition coefficient (Wildman–Crippen LogP) is 5.79. The van der Waals surface area contributed by atoms with Gasteiger partial charge in [-0.1, -0.05) is 28.3 Å². The van der Waals surface area contributed by atoms with Crippen LogP contribution >= 0.6 is 0 Å². The Labute approximate surface area is 166 Å². The van der Waals surface area contributed by atoms with E-state index >= 15 is 0 Å². The Bertz CT molecular complexity index is 539. The van der Waals surface area contributed by atoms with Crippen LogP contribution in [0.25, 0.3) is 0 Å². The Morgan fingerprint density at radius 2 is 0.889 bits per heavy atom. The highest BCUT2D eigenvalue weighted by molar-refractivity contribution is 5.10. The second-order valence-corrected chi connectivity index (χ2v) is 5.60. The second-order valence-electron chi connectivity index (χ2n) is 5.60. The van der Waals surface area contributed by atoms with E-state index in [2.05, 4.69) is 31.2 Å². The first-order chi connectivity index (χ1) is 11.4. The van der Waals surface area contributed by atoms with Crippen LogP contribution < -0.4 is 0 Å². The summed E-state index contributed by atoms with van der Waals surface area (Å²) < 4.78 is 0. The van der Waals surface area contributed by atoms with Crippen molar-refractivity contribution in [3.8, 4) is 0 Å². The van der Waals surface area contributed by atoms with E-state index in [0.717, 1.165) is 28.5 Å². The van der Waals surface area contributed by atoms with Crippen molar-refractivity contribution >= 4 is 0 Å². The number of aromatic nitrogens is 5. The molecular weight excluding hydrogens is 334 g/mol. The van der Waals surface area contributed by atoms with E-state index in [9.17, 15) is 0 Å². The van der Waals surface area contributed by atoms with E-state index < -0.39 is 0 Å². The van der Waals surface area contributed by atoms with Gasteiger partial charge in [-0.2, -0.15) is 10.2 Å². The van der Waals surface area contributed by atoms with Crippen molar-refractivity contribution in [2.75, 3.05) is 0 Å². The third-order valence-corrected chi connectivity index (χ3v) is 2.90. The van der Waals surface area contributed by atoms with Crippen LogP contribution in [0.3, 0.4) is 0 Å². The molecule has 0 unspecified atom stereocenters. The average molecular weight is 372 g/mol. The normalized spacial score (nSPS) is 8.22. The molecule has 0 aliphatic rings. The van der Waals surface area contributed by atoms with Gasteiger partial charge < -0.3 is 0 Å². The van der Waals surface area contributed by atoms with E-state index in [0.29, 0.717) is 0 Å². The molecule has 0 atom stereocenters. The van der Waals surface area contributed by atoms with Crippen LogP contribution in [-0.4, -0.2) is 25.1 Å². The van der Waals surface area contributed by atoms with Crippen molar-refractivity contribution in [3.05, 3.63) is 76.9 Å². The number of hydrogen-bond acceptors (Lipinski definition) is 5. The van der Waals surface area contributed by atoms with Crippen molar-refractivity contribution in [3.63, 3.8) is 0 Å². The van der Waals surface area contributed by atoms with Gasteiger partial charge in [-0.25, -0.2) is 9.97 Å². The highest BCUT2D eigenvalue weighted by Gasteiger charge is 1.83. The average Bonchev–Trinajstić information content (AvgIpc) is 2.57. The van der Waals surface area contributed by atoms with Gasteiger partial charge in [0.15, 0.2) is 0 Å². The Morgan fingerprint density at radius 1 is 0.481 bits per heavy atom. The third kappa shape index (κ3) is 14.2. The van der Waals surface area contributed by atoms with E-state index in [1.54, 1.807) is 0 Å². The van der Waals surface area contributed by atoms with Crippen molar-refractivity contribution in [1.29, 1.82) is 0 Å². The number of rotatable bonds is 0. The van der Waals surface area contributed by atoms with Gasteiger partial charge in [0.05, 0.1) is 11.4 Å². The molecule has 0 saturated heterocycles. The quantitative estimate of drug-likeness (QED) is 0.500. The lowest BCUT2D eigenvalue weighted by Crippen LogP contribution is -1.86. The number of hydrogen-bond donors (Lipinski definition) is 0. The van der Waals surface area contributed by atoms with E-state index in [1.807, 2.05) is 78.3 Å². The van der Waals surface area contributed by atoms with Gasteiger partial charge in [0.1, 0.15) is 5.82 Å². The summed E-state index contributed by atoms with van der Waals surface area (Å²) in [6.45, 7) is 11.7. The summed E-state index contributed by atoms with van der Waals surface area (Å²) in [5, 5.41) is 7.66. The maximum Gasteiger partial charge on any atom is 0.125 e. The molecule has 3 aromatic rings. The molecule has 150 valence electrons. The zero-order valence-corrected chi connectivity index (χ0v) is 15.3. The fourth-order valence-corrected chi connectivity index (χ4v) is 1.46. The molecule has 3 aromatic heterocycles. The topological polar surface area (TPSA) is 64.5 Å². The van der Waals surface area contributed by atoms with Gasteiger partial charge in [0, 0.05) is 24.3 Å². The summed E-state index contributed by atoms with van der Waals surface area (Å²) in [7, 11) is 0. The van der Waals surface area contributed by atoms with E-state index in [-0.39, 0.29) is 22.3 Å². The Hall–Kier alpha value is -2.69. The molecule has 0 aromatic carbocycles. The molecule has 0 bridgehead atoms. The molecule has 0 amide bonds. The highest BCUT2D eigenvalue weighted by Crippen LogP contribution is 1.94. The summed E-state index contributed by atoms with van der Waals surface area (Å²) in [5.41, 5.74) is 5.34. The first kappa shape index (κ1) is 29.1. The van der Waals surface area contributed by atoms with Gasteiger partial charge in [-0.3, -0.25) is 4.98 Å². The molecule has 0 spiro atoms. The zero-order chi connectivity index (χ0) is 17.9. The molecule has 3 heterocycles. The summed E-state index contributed by atoms with van der Waals surface area (Å²) in [4.78, 5) is 12.0. The van der Waals surface area contributed by atoms with Gasteiger partial charge in [0.25, 0.3) is 0 Å². The molecule has 27 heavy (non-hydrogen) atoms. The monoisotopic (exact) mass is 371 g/mol. The van der Waals surface area contributed by atoms with Crippen LogP contribution in [0.1, 0.15) is 56.3 Å².